The number of aromatic nitrogens is 1. The van der Waals surface area contributed by atoms with Crippen LogP contribution in [0, 0.1) is 5.92 Å². The number of rotatable bonds is 6. The van der Waals surface area contributed by atoms with Crippen molar-refractivity contribution in [1.29, 1.82) is 0 Å². The van der Waals surface area contributed by atoms with E-state index in [0.717, 1.165) is 28.1 Å². The lowest BCUT2D eigenvalue weighted by Crippen LogP contribution is -2.49. The number of likely N-dealkylation sites (N-methyl/N-ethyl adjacent to an activating group) is 1. The predicted molar refractivity (Wildman–Crippen MR) is 83.5 cm³/mol. The maximum Gasteiger partial charge on any atom is 0.0960 e. The molecule has 0 bridgehead atoms. The summed E-state index contributed by atoms with van der Waals surface area (Å²) in [6.07, 6.45) is 6.49. The SMILES string of the molecule is CNC1(CO)CCCC1CCSc1ccc(Br)cn1. The van der Waals surface area contributed by atoms with Crippen LogP contribution in [0.3, 0.4) is 0 Å². The molecule has 1 aliphatic carbocycles. The molecule has 2 unspecified atom stereocenters. The number of aliphatic hydroxyl groups is 1. The summed E-state index contributed by atoms with van der Waals surface area (Å²) in [6.45, 7) is 0.245. The summed E-state index contributed by atoms with van der Waals surface area (Å²) in [4.78, 5) is 4.37. The lowest BCUT2D eigenvalue weighted by Gasteiger charge is -2.33. The molecule has 3 nitrogen and oxygen atoms in total. The Morgan fingerprint density at radius 2 is 2.42 bits per heavy atom. The van der Waals surface area contributed by atoms with Gasteiger partial charge in [-0.25, -0.2) is 4.98 Å². The van der Waals surface area contributed by atoms with Gasteiger partial charge in [-0.2, -0.15) is 0 Å². The second-order valence-corrected chi connectivity index (χ2v) is 7.14. The molecule has 0 radical (unpaired) electrons. The molecule has 0 saturated heterocycles. The second-order valence-electron chi connectivity index (χ2n) is 5.11. The van der Waals surface area contributed by atoms with Gasteiger partial charge in [0.15, 0.2) is 0 Å². The van der Waals surface area contributed by atoms with E-state index in [0.29, 0.717) is 5.92 Å². The maximum atomic E-state index is 9.65. The minimum absolute atomic E-state index is 0.0479. The van der Waals surface area contributed by atoms with Crippen LogP contribution in [0.5, 0.6) is 0 Å². The number of pyridine rings is 1. The highest BCUT2D eigenvalue weighted by Crippen LogP contribution is 2.38. The van der Waals surface area contributed by atoms with Gasteiger partial charge in [0.25, 0.3) is 0 Å². The molecule has 2 atom stereocenters. The lowest BCUT2D eigenvalue weighted by molar-refractivity contribution is 0.130. The second kappa shape index (κ2) is 7.07. The Morgan fingerprint density at radius 1 is 1.58 bits per heavy atom. The first kappa shape index (κ1) is 15.3. The highest BCUT2D eigenvalue weighted by molar-refractivity contribution is 9.10. The van der Waals surface area contributed by atoms with E-state index >= 15 is 0 Å². The molecule has 0 spiro atoms. The molecule has 5 heteroatoms. The van der Waals surface area contributed by atoms with E-state index in [1.165, 1.54) is 12.8 Å². The summed E-state index contributed by atoms with van der Waals surface area (Å²) in [6, 6.07) is 4.07. The van der Waals surface area contributed by atoms with E-state index in [1.807, 2.05) is 25.4 Å². The summed E-state index contributed by atoms with van der Waals surface area (Å²) >= 11 is 5.19. The first-order valence-corrected chi connectivity index (χ1v) is 8.52. The van der Waals surface area contributed by atoms with Gasteiger partial charge >= 0.3 is 0 Å². The van der Waals surface area contributed by atoms with Crippen molar-refractivity contribution in [3.8, 4) is 0 Å². The average molecular weight is 345 g/mol. The highest BCUT2D eigenvalue weighted by Gasteiger charge is 2.40. The van der Waals surface area contributed by atoms with Crippen LogP contribution in [0.2, 0.25) is 0 Å². The van der Waals surface area contributed by atoms with Crippen LogP contribution in [-0.2, 0) is 0 Å². The molecule has 1 aromatic heterocycles. The summed E-state index contributed by atoms with van der Waals surface area (Å²) in [5.74, 6) is 1.63. The van der Waals surface area contributed by atoms with E-state index in [9.17, 15) is 5.11 Å². The molecular weight excluding hydrogens is 324 g/mol. The number of halogens is 1. The lowest BCUT2D eigenvalue weighted by atomic mass is 9.86. The third-order valence-corrected chi connectivity index (χ3v) is 5.60. The monoisotopic (exact) mass is 344 g/mol. The quantitative estimate of drug-likeness (QED) is 0.778. The molecule has 106 valence electrons. The zero-order valence-corrected chi connectivity index (χ0v) is 13.6. The summed E-state index contributed by atoms with van der Waals surface area (Å²) in [5.41, 5.74) is -0.0479. The number of nitrogens with zero attached hydrogens (tertiary/aromatic N) is 1. The van der Waals surface area contributed by atoms with Crippen molar-refractivity contribution >= 4 is 27.7 Å². The molecule has 19 heavy (non-hydrogen) atoms. The Kier molecular flexibility index (Phi) is 5.69. The fourth-order valence-electron chi connectivity index (χ4n) is 2.93. The van der Waals surface area contributed by atoms with Crippen LogP contribution in [0.1, 0.15) is 25.7 Å². The molecule has 1 saturated carbocycles. The Balaban J connectivity index is 1.83. The van der Waals surface area contributed by atoms with E-state index in [2.05, 4.69) is 26.2 Å². The van der Waals surface area contributed by atoms with Gasteiger partial charge < -0.3 is 10.4 Å². The van der Waals surface area contributed by atoms with Gasteiger partial charge in [0.05, 0.1) is 11.6 Å². The molecule has 0 amide bonds. The molecule has 0 aliphatic heterocycles. The van der Waals surface area contributed by atoms with Crippen LogP contribution < -0.4 is 5.32 Å². The van der Waals surface area contributed by atoms with Crippen molar-refractivity contribution in [3.05, 3.63) is 22.8 Å². The van der Waals surface area contributed by atoms with Crippen LogP contribution in [0.25, 0.3) is 0 Å². The van der Waals surface area contributed by atoms with Crippen molar-refractivity contribution in [3.63, 3.8) is 0 Å². The molecule has 2 rings (SSSR count). The Hall–Kier alpha value is -0.100. The van der Waals surface area contributed by atoms with E-state index < -0.39 is 0 Å². The molecule has 1 heterocycles. The third kappa shape index (κ3) is 3.72. The number of aliphatic hydroxyl groups excluding tert-OH is 1. The van der Waals surface area contributed by atoms with Gasteiger partial charge in [0.1, 0.15) is 0 Å². The number of hydrogen-bond donors (Lipinski definition) is 2. The van der Waals surface area contributed by atoms with Crippen LogP contribution >= 0.6 is 27.7 Å². The normalized spacial score (nSPS) is 26.8. The van der Waals surface area contributed by atoms with Gasteiger partial charge in [-0.3, -0.25) is 0 Å². The van der Waals surface area contributed by atoms with Crippen molar-refractivity contribution in [2.45, 2.75) is 36.2 Å². The molecule has 1 aliphatic rings. The van der Waals surface area contributed by atoms with E-state index in [1.54, 1.807) is 11.8 Å². The van der Waals surface area contributed by atoms with Gasteiger partial charge in [0.2, 0.25) is 0 Å². The fourth-order valence-corrected chi connectivity index (χ4v) is 4.07. The number of thioether (sulfide) groups is 1. The Bertz CT molecular complexity index is 395. The van der Waals surface area contributed by atoms with Gasteiger partial charge in [-0.05, 0) is 66.0 Å². The molecule has 1 fully saturated rings. The summed E-state index contributed by atoms with van der Waals surface area (Å²) in [7, 11) is 1.97. The van der Waals surface area contributed by atoms with Crippen LogP contribution in [0.4, 0.5) is 0 Å². The van der Waals surface area contributed by atoms with E-state index in [-0.39, 0.29) is 12.1 Å². The third-order valence-electron chi connectivity index (χ3n) is 4.15. The molecule has 1 aromatic rings. The fraction of sp³-hybridized carbons (Fsp3) is 0.643. The Labute approximate surface area is 127 Å². The first-order valence-electron chi connectivity index (χ1n) is 6.74. The average Bonchev–Trinajstić information content (AvgIpc) is 2.84. The van der Waals surface area contributed by atoms with Crippen molar-refractivity contribution in [2.75, 3.05) is 19.4 Å². The smallest absolute Gasteiger partial charge is 0.0960 e. The minimum atomic E-state index is -0.0479. The van der Waals surface area contributed by atoms with Gasteiger partial charge in [-0.15, -0.1) is 11.8 Å². The molecule has 0 aromatic carbocycles. The Morgan fingerprint density at radius 3 is 3.05 bits per heavy atom. The highest BCUT2D eigenvalue weighted by atomic mass is 79.9. The topological polar surface area (TPSA) is 45.1 Å². The van der Waals surface area contributed by atoms with E-state index in [4.69, 9.17) is 0 Å². The summed E-state index contributed by atoms with van der Waals surface area (Å²) < 4.78 is 1.02. The predicted octanol–water partition coefficient (Wildman–Crippen LogP) is 3.08. The van der Waals surface area contributed by atoms with Crippen LogP contribution in [-0.4, -0.2) is 35.0 Å². The molecular formula is C14H21BrN2OS. The van der Waals surface area contributed by atoms with Crippen molar-refractivity contribution in [2.24, 2.45) is 5.92 Å². The number of nitrogens with one attached hydrogen (secondary N) is 1. The first-order chi connectivity index (χ1) is 9.20. The van der Waals surface area contributed by atoms with Crippen molar-refractivity contribution < 1.29 is 5.11 Å². The summed E-state index contributed by atoms with van der Waals surface area (Å²) in [5, 5.41) is 14.1. The van der Waals surface area contributed by atoms with Crippen LogP contribution in [0.15, 0.2) is 27.8 Å². The maximum absolute atomic E-state index is 9.65. The minimum Gasteiger partial charge on any atom is -0.394 e. The van der Waals surface area contributed by atoms with Gasteiger partial charge in [-0.1, -0.05) is 6.42 Å². The zero-order valence-electron chi connectivity index (χ0n) is 11.2. The standard InChI is InChI=1S/C14H21BrN2OS/c1-16-14(10-18)7-2-3-11(14)6-8-19-13-5-4-12(15)9-17-13/h4-5,9,11,16,18H,2-3,6-8,10H2,1H3. The van der Waals surface area contributed by atoms with Gasteiger partial charge in [0, 0.05) is 16.2 Å². The zero-order chi connectivity index (χ0) is 13.7. The molecule has 2 N–H and O–H groups in total. The van der Waals surface area contributed by atoms with Crippen molar-refractivity contribution in [1.82, 2.24) is 10.3 Å². The number of hydrogen-bond acceptors (Lipinski definition) is 4. The largest absolute Gasteiger partial charge is 0.394 e.